The summed E-state index contributed by atoms with van der Waals surface area (Å²) in [6.45, 7) is 9.14. The number of ketones is 1. The fourth-order valence-corrected chi connectivity index (χ4v) is 5.02. The molecule has 0 bridgehead atoms. The number of morpholine rings is 1. The van der Waals surface area contributed by atoms with E-state index in [9.17, 15) is 13.2 Å². The highest BCUT2D eigenvalue weighted by Gasteiger charge is 2.31. The van der Waals surface area contributed by atoms with Gasteiger partial charge in [0.1, 0.15) is 5.78 Å². The van der Waals surface area contributed by atoms with Crippen LogP contribution in [0.25, 0.3) is 0 Å². The molecule has 1 aliphatic rings. The zero-order valence-corrected chi connectivity index (χ0v) is 18.7. The van der Waals surface area contributed by atoms with Crippen molar-refractivity contribution in [3.63, 3.8) is 0 Å². The molecule has 1 saturated heterocycles. The van der Waals surface area contributed by atoms with Gasteiger partial charge in [-0.2, -0.15) is 4.31 Å². The average molecular weight is 424 g/mol. The fraction of sp³-hybridized carbons (Fsp3) is 0.591. The number of hydrogen-bond acceptors (Lipinski definition) is 5. The van der Waals surface area contributed by atoms with Gasteiger partial charge in [-0.1, -0.05) is 50.3 Å². The smallest absolute Gasteiger partial charge is 0.220 e. The summed E-state index contributed by atoms with van der Waals surface area (Å²) in [5.74, 6) is -0.252. The summed E-state index contributed by atoms with van der Waals surface area (Å²) in [5.41, 5.74) is 1.77. The lowest BCUT2D eigenvalue weighted by Gasteiger charge is -2.29. The van der Waals surface area contributed by atoms with Crippen LogP contribution in [0, 0.1) is 5.92 Å². The molecule has 29 heavy (non-hydrogen) atoms. The number of rotatable bonds is 10. The van der Waals surface area contributed by atoms with Crippen molar-refractivity contribution in [3.05, 3.63) is 47.5 Å². The number of benzene rings is 1. The number of hydrogen-bond donors (Lipinski definition) is 0. The van der Waals surface area contributed by atoms with Crippen LogP contribution >= 0.6 is 0 Å². The Labute approximate surface area is 174 Å². The first kappa shape index (κ1) is 23.7. The SMILES string of the molecule is CCC(=O)C(C)C(OCc1ccccc1)/C(C)=C\C(C)S(=O)(=O)N1CCOCC1. The van der Waals surface area contributed by atoms with E-state index >= 15 is 0 Å². The van der Waals surface area contributed by atoms with Crippen LogP contribution < -0.4 is 0 Å². The van der Waals surface area contributed by atoms with Crippen molar-refractivity contribution in [3.8, 4) is 0 Å². The van der Waals surface area contributed by atoms with E-state index in [1.165, 1.54) is 4.31 Å². The van der Waals surface area contributed by atoms with Gasteiger partial charge < -0.3 is 9.47 Å². The summed E-state index contributed by atoms with van der Waals surface area (Å²) < 4.78 is 38.7. The Kier molecular flexibility index (Phi) is 9.02. The third-order valence-electron chi connectivity index (χ3n) is 5.33. The molecule has 1 heterocycles. The molecule has 1 aromatic carbocycles. The molecule has 0 N–H and O–H groups in total. The molecule has 162 valence electrons. The van der Waals surface area contributed by atoms with E-state index in [-0.39, 0.29) is 11.7 Å². The molecule has 0 aromatic heterocycles. The van der Waals surface area contributed by atoms with Gasteiger partial charge in [0, 0.05) is 25.4 Å². The van der Waals surface area contributed by atoms with Crippen molar-refractivity contribution in [2.45, 2.75) is 52.1 Å². The molecule has 1 fully saturated rings. The maximum Gasteiger partial charge on any atom is 0.220 e. The minimum atomic E-state index is -3.47. The molecule has 2 rings (SSSR count). The predicted octanol–water partition coefficient (Wildman–Crippen LogP) is 3.18. The lowest BCUT2D eigenvalue weighted by atomic mass is 9.92. The summed E-state index contributed by atoms with van der Waals surface area (Å²) in [6, 6.07) is 9.75. The third-order valence-corrected chi connectivity index (χ3v) is 7.49. The highest BCUT2D eigenvalue weighted by Crippen LogP contribution is 2.23. The molecule has 0 aliphatic carbocycles. The summed E-state index contributed by atoms with van der Waals surface area (Å²) in [6.07, 6.45) is 1.67. The van der Waals surface area contributed by atoms with Crippen LogP contribution in [0.5, 0.6) is 0 Å². The molecule has 0 amide bonds. The van der Waals surface area contributed by atoms with Crippen LogP contribution in [-0.2, 0) is 30.9 Å². The molecule has 0 radical (unpaired) electrons. The summed E-state index contributed by atoms with van der Waals surface area (Å²) in [7, 11) is -3.47. The van der Waals surface area contributed by atoms with E-state index in [2.05, 4.69) is 0 Å². The minimum absolute atomic E-state index is 0.0968. The van der Waals surface area contributed by atoms with Crippen molar-refractivity contribution in [1.29, 1.82) is 0 Å². The Hall–Kier alpha value is -1.54. The maximum atomic E-state index is 12.9. The van der Waals surface area contributed by atoms with Crippen molar-refractivity contribution >= 4 is 15.8 Å². The summed E-state index contributed by atoms with van der Waals surface area (Å²) >= 11 is 0. The maximum absolute atomic E-state index is 12.9. The van der Waals surface area contributed by atoms with Crippen molar-refractivity contribution in [1.82, 2.24) is 4.31 Å². The van der Waals surface area contributed by atoms with Gasteiger partial charge in [0.05, 0.1) is 31.2 Å². The van der Waals surface area contributed by atoms with E-state index in [4.69, 9.17) is 9.47 Å². The second-order valence-corrected chi connectivity index (χ2v) is 9.79. The Balaban J connectivity index is 2.19. The lowest BCUT2D eigenvalue weighted by Crippen LogP contribution is -2.44. The summed E-state index contributed by atoms with van der Waals surface area (Å²) in [5, 5.41) is -0.702. The van der Waals surface area contributed by atoms with Gasteiger partial charge in [0.15, 0.2) is 0 Å². The highest BCUT2D eigenvalue weighted by molar-refractivity contribution is 7.89. The first-order chi connectivity index (χ1) is 13.8. The number of nitrogens with zero attached hydrogens (tertiary/aromatic N) is 1. The number of sulfonamides is 1. The first-order valence-corrected chi connectivity index (χ1v) is 11.7. The number of ether oxygens (including phenoxy) is 2. The standard InChI is InChI=1S/C22H33NO5S/c1-5-21(24)19(4)22(28-16-20-9-7-6-8-10-20)17(2)15-18(3)29(25,26)23-11-13-27-14-12-23/h6-10,15,18-19,22H,5,11-14,16H2,1-4H3/b17-15-. The van der Waals surface area contributed by atoms with Crippen molar-refractivity contribution < 1.29 is 22.7 Å². The third kappa shape index (κ3) is 6.47. The van der Waals surface area contributed by atoms with Gasteiger partial charge >= 0.3 is 0 Å². The quantitative estimate of drug-likeness (QED) is 0.541. The largest absolute Gasteiger partial charge is 0.379 e. The number of Topliss-reactive ketones (excluding diaryl/α,β-unsaturated/α-hetero) is 1. The molecule has 6 nitrogen and oxygen atoms in total. The second-order valence-electron chi connectivity index (χ2n) is 7.50. The van der Waals surface area contributed by atoms with Crippen molar-refractivity contribution in [2.75, 3.05) is 26.3 Å². The molecule has 3 unspecified atom stereocenters. The molecule has 7 heteroatoms. The minimum Gasteiger partial charge on any atom is -0.379 e. The first-order valence-electron chi connectivity index (χ1n) is 10.2. The molecule has 1 aromatic rings. The predicted molar refractivity (Wildman–Crippen MR) is 114 cm³/mol. The fourth-order valence-electron chi connectivity index (χ4n) is 3.51. The molecular formula is C22H33NO5S. The van der Waals surface area contributed by atoms with Crippen LogP contribution in [0.4, 0.5) is 0 Å². The van der Waals surface area contributed by atoms with E-state index in [0.29, 0.717) is 39.3 Å². The zero-order chi connectivity index (χ0) is 21.4. The molecule has 0 saturated carbocycles. The van der Waals surface area contributed by atoms with Gasteiger partial charge in [0.2, 0.25) is 10.0 Å². The highest BCUT2D eigenvalue weighted by atomic mass is 32.2. The van der Waals surface area contributed by atoms with Gasteiger partial charge in [-0.25, -0.2) is 8.42 Å². The Morgan fingerprint density at radius 2 is 1.83 bits per heavy atom. The van der Waals surface area contributed by atoms with Gasteiger partial charge in [-0.05, 0) is 25.0 Å². The Morgan fingerprint density at radius 1 is 1.21 bits per heavy atom. The normalized spacial score (nSPS) is 19.5. The van der Waals surface area contributed by atoms with Gasteiger partial charge in [0.25, 0.3) is 0 Å². The van der Waals surface area contributed by atoms with Crippen LogP contribution in [-0.4, -0.2) is 56.2 Å². The monoisotopic (exact) mass is 423 g/mol. The topological polar surface area (TPSA) is 72.9 Å². The van der Waals surface area contributed by atoms with Gasteiger partial charge in [-0.3, -0.25) is 4.79 Å². The number of carbonyl (C=O) groups is 1. The van der Waals surface area contributed by atoms with Crippen molar-refractivity contribution in [2.24, 2.45) is 5.92 Å². The Bertz CT molecular complexity index is 785. The van der Waals surface area contributed by atoms with Crippen LogP contribution in [0.15, 0.2) is 42.0 Å². The molecule has 1 aliphatic heterocycles. The van der Waals surface area contributed by atoms with E-state index in [1.54, 1.807) is 13.0 Å². The van der Waals surface area contributed by atoms with Crippen LogP contribution in [0.1, 0.15) is 39.7 Å². The average Bonchev–Trinajstić information content (AvgIpc) is 2.74. The van der Waals surface area contributed by atoms with Crippen LogP contribution in [0.2, 0.25) is 0 Å². The molecule has 0 spiro atoms. The van der Waals surface area contributed by atoms with E-state index in [1.807, 2.05) is 51.1 Å². The molecule has 3 atom stereocenters. The number of carbonyl (C=O) groups excluding carboxylic acids is 1. The van der Waals surface area contributed by atoms with Crippen LogP contribution in [0.3, 0.4) is 0 Å². The second kappa shape index (κ2) is 11.0. The van der Waals surface area contributed by atoms with Gasteiger partial charge in [-0.15, -0.1) is 0 Å². The summed E-state index contributed by atoms with van der Waals surface area (Å²) in [4.78, 5) is 12.4. The van der Waals surface area contributed by atoms with E-state index in [0.717, 1.165) is 11.1 Å². The van der Waals surface area contributed by atoms with E-state index < -0.39 is 21.4 Å². The molecular weight excluding hydrogens is 390 g/mol. The lowest BCUT2D eigenvalue weighted by molar-refractivity contribution is -0.126. The zero-order valence-electron chi connectivity index (χ0n) is 17.8. The Morgan fingerprint density at radius 3 is 2.41 bits per heavy atom.